The molecule has 0 saturated carbocycles. The van der Waals surface area contributed by atoms with Crippen LogP contribution >= 0.6 is 11.3 Å². The van der Waals surface area contributed by atoms with Crippen molar-refractivity contribution in [3.63, 3.8) is 0 Å². The van der Waals surface area contributed by atoms with Crippen LogP contribution in [-0.2, 0) is 6.54 Å². The van der Waals surface area contributed by atoms with Crippen molar-refractivity contribution in [1.82, 2.24) is 24.5 Å². The van der Waals surface area contributed by atoms with E-state index in [1.54, 1.807) is 17.4 Å². The minimum atomic E-state index is 0.210. The molecule has 1 fully saturated rings. The van der Waals surface area contributed by atoms with Gasteiger partial charge in [0.2, 0.25) is 5.95 Å². The van der Waals surface area contributed by atoms with Gasteiger partial charge in [0.15, 0.2) is 0 Å². The number of aromatic nitrogens is 5. The quantitative estimate of drug-likeness (QED) is 0.732. The van der Waals surface area contributed by atoms with Gasteiger partial charge in [-0.2, -0.15) is 9.97 Å². The number of nitrogens with two attached hydrogens (primary N) is 2. The molecule has 8 nitrogen and oxygen atoms in total. The van der Waals surface area contributed by atoms with Gasteiger partial charge in [-0.3, -0.25) is 0 Å². The highest BCUT2D eigenvalue weighted by Gasteiger charge is 2.26. The molecular formula is C16H20N8S. The molecule has 0 bridgehead atoms. The van der Waals surface area contributed by atoms with Gasteiger partial charge in [-0.25, -0.2) is 9.97 Å². The summed E-state index contributed by atoms with van der Waals surface area (Å²) in [5, 5.41) is 2.07. The van der Waals surface area contributed by atoms with Gasteiger partial charge in [0.1, 0.15) is 17.5 Å². The average Bonchev–Trinajstić information content (AvgIpc) is 3.26. The molecule has 0 aromatic carbocycles. The van der Waals surface area contributed by atoms with Crippen LogP contribution in [0.2, 0.25) is 0 Å². The highest BCUT2D eigenvalue weighted by atomic mass is 32.1. The van der Waals surface area contributed by atoms with Crippen molar-refractivity contribution in [1.29, 1.82) is 0 Å². The molecule has 0 radical (unpaired) electrons. The van der Waals surface area contributed by atoms with Crippen LogP contribution in [0.4, 0.5) is 17.6 Å². The number of rotatable bonds is 4. The minimum Gasteiger partial charge on any atom is -0.383 e. The molecule has 0 aliphatic carbocycles. The van der Waals surface area contributed by atoms with E-state index in [-0.39, 0.29) is 5.95 Å². The maximum atomic E-state index is 5.81. The number of anilines is 3. The fraction of sp³-hybridized carbons (Fsp3) is 0.375. The standard InChI is InChI=1S/C16H20N8S/c17-13-6-14(22-16(18)21-13)23-4-1-2-11(7-23)15-19-3-5-24(15)8-12-9-25-10-20-12/h3,5-6,9-11H,1-2,4,7-8H2,(H4,17,18,21,22). The first-order valence-electron chi connectivity index (χ1n) is 8.22. The van der Waals surface area contributed by atoms with Gasteiger partial charge in [-0.1, -0.05) is 0 Å². The van der Waals surface area contributed by atoms with E-state index in [0.717, 1.165) is 49.8 Å². The normalized spacial score (nSPS) is 17.8. The Balaban J connectivity index is 1.55. The zero-order chi connectivity index (χ0) is 17.2. The molecule has 3 aromatic heterocycles. The first-order chi connectivity index (χ1) is 12.2. The van der Waals surface area contributed by atoms with Crippen LogP contribution in [0.15, 0.2) is 29.4 Å². The van der Waals surface area contributed by atoms with Crippen molar-refractivity contribution in [2.75, 3.05) is 29.5 Å². The Morgan fingerprint density at radius 3 is 2.96 bits per heavy atom. The average molecular weight is 356 g/mol. The Morgan fingerprint density at radius 1 is 1.24 bits per heavy atom. The molecule has 1 saturated heterocycles. The van der Waals surface area contributed by atoms with E-state index >= 15 is 0 Å². The molecule has 1 aliphatic rings. The number of nitrogens with zero attached hydrogens (tertiary/aromatic N) is 6. The highest BCUT2D eigenvalue weighted by Crippen LogP contribution is 2.29. The van der Waals surface area contributed by atoms with E-state index in [9.17, 15) is 0 Å². The monoisotopic (exact) mass is 356 g/mol. The smallest absolute Gasteiger partial charge is 0.223 e. The predicted octanol–water partition coefficient (Wildman–Crippen LogP) is 1.73. The van der Waals surface area contributed by atoms with E-state index in [4.69, 9.17) is 11.5 Å². The number of hydrogen-bond donors (Lipinski definition) is 2. The van der Waals surface area contributed by atoms with E-state index in [1.165, 1.54) is 0 Å². The lowest BCUT2D eigenvalue weighted by Gasteiger charge is -2.33. The number of hydrogen-bond acceptors (Lipinski definition) is 8. The van der Waals surface area contributed by atoms with Crippen LogP contribution < -0.4 is 16.4 Å². The van der Waals surface area contributed by atoms with Crippen molar-refractivity contribution in [3.8, 4) is 0 Å². The summed E-state index contributed by atoms with van der Waals surface area (Å²) < 4.78 is 2.19. The van der Waals surface area contributed by atoms with Gasteiger partial charge >= 0.3 is 0 Å². The summed E-state index contributed by atoms with van der Waals surface area (Å²) in [6, 6.07) is 1.78. The summed E-state index contributed by atoms with van der Waals surface area (Å²) in [5.41, 5.74) is 14.5. The molecule has 4 rings (SSSR count). The van der Waals surface area contributed by atoms with Crippen LogP contribution in [0.1, 0.15) is 30.3 Å². The summed E-state index contributed by atoms with van der Waals surface area (Å²) in [5.74, 6) is 2.82. The summed E-state index contributed by atoms with van der Waals surface area (Å²) in [4.78, 5) is 19.5. The zero-order valence-corrected chi connectivity index (χ0v) is 14.6. The lowest BCUT2D eigenvalue weighted by atomic mass is 9.97. The van der Waals surface area contributed by atoms with E-state index in [1.807, 2.05) is 17.9 Å². The number of imidazole rings is 1. The second-order valence-electron chi connectivity index (χ2n) is 6.19. The van der Waals surface area contributed by atoms with Crippen molar-refractivity contribution >= 4 is 28.9 Å². The van der Waals surface area contributed by atoms with Crippen molar-refractivity contribution < 1.29 is 0 Å². The molecule has 4 N–H and O–H groups in total. The molecular weight excluding hydrogens is 336 g/mol. The molecule has 9 heteroatoms. The fourth-order valence-corrected chi connectivity index (χ4v) is 3.88. The molecule has 130 valence electrons. The van der Waals surface area contributed by atoms with Gasteiger partial charge in [-0.15, -0.1) is 11.3 Å². The van der Waals surface area contributed by atoms with Crippen LogP contribution in [0, 0.1) is 0 Å². The van der Waals surface area contributed by atoms with Gasteiger partial charge in [-0.05, 0) is 12.8 Å². The molecule has 4 heterocycles. The van der Waals surface area contributed by atoms with Gasteiger partial charge < -0.3 is 20.9 Å². The second kappa shape index (κ2) is 6.67. The lowest BCUT2D eigenvalue weighted by Crippen LogP contribution is -2.36. The third-order valence-electron chi connectivity index (χ3n) is 4.42. The van der Waals surface area contributed by atoms with Crippen LogP contribution in [0.3, 0.4) is 0 Å². The van der Waals surface area contributed by atoms with Gasteiger partial charge in [0.05, 0.1) is 17.7 Å². The summed E-state index contributed by atoms with van der Waals surface area (Å²) in [6.07, 6.45) is 6.05. The fourth-order valence-electron chi connectivity index (χ4n) is 3.33. The molecule has 1 aliphatic heterocycles. The van der Waals surface area contributed by atoms with Crippen molar-refractivity contribution in [2.24, 2.45) is 0 Å². The topological polar surface area (TPSA) is 112 Å². The van der Waals surface area contributed by atoms with Crippen LogP contribution in [0.5, 0.6) is 0 Å². The Morgan fingerprint density at radius 2 is 2.16 bits per heavy atom. The molecule has 1 unspecified atom stereocenters. The Bertz CT molecular complexity index is 823. The maximum absolute atomic E-state index is 5.81. The van der Waals surface area contributed by atoms with Crippen molar-refractivity contribution in [3.05, 3.63) is 40.9 Å². The lowest BCUT2D eigenvalue weighted by molar-refractivity contribution is 0.473. The van der Waals surface area contributed by atoms with Crippen molar-refractivity contribution in [2.45, 2.75) is 25.3 Å². The van der Waals surface area contributed by atoms with E-state index in [0.29, 0.717) is 11.7 Å². The first kappa shape index (κ1) is 15.8. The largest absolute Gasteiger partial charge is 0.383 e. The molecule has 25 heavy (non-hydrogen) atoms. The molecule has 0 amide bonds. The van der Waals surface area contributed by atoms with Crippen LogP contribution in [-0.4, -0.2) is 37.6 Å². The number of piperidine rings is 1. The third kappa shape index (κ3) is 3.41. The van der Waals surface area contributed by atoms with Gasteiger partial charge in [0, 0.05) is 42.8 Å². The zero-order valence-electron chi connectivity index (χ0n) is 13.7. The summed E-state index contributed by atoms with van der Waals surface area (Å²) in [7, 11) is 0. The Labute approximate surface area is 149 Å². The molecule has 1 atom stereocenters. The number of nitrogen functional groups attached to an aromatic ring is 2. The van der Waals surface area contributed by atoms with Crippen LogP contribution in [0.25, 0.3) is 0 Å². The van der Waals surface area contributed by atoms with E-state index in [2.05, 4.69) is 34.8 Å². The first-order valence-corrected chi connectivity index (χ1v) is 9.16. The SMILES string of the molecule is Nc1cc(N2CCCC(c3nccn3Cc3cscn3)C2)nc(N)n1. The maximum Gasteiger partial charge on any atom is 0.223 e. The number of thiazole rings is 1. The van der Waals surface area contributed by atoms with E-state index < -0.39 is 0 Å². The summed E-state index contributed by atoms with van der Waals surface area (Å²) in [6.45, 7) is 2.52. The Hall–Kier alpha value is -2.68. The van der Waals surface area contributed by atoms with Gasteiger partial charge in [0.25, 0.3) is 0 Å². The molecule has 3 aromatic rings. The second-order valence-corrected chi connectivity index (χ2v) is 6.91. The summed E-state index contributed by atoms with van der Waals surface area (Å²) >= 11 is 1.61. The third-order valence-corrected chi connectivity index (χ3v) is 5.06. The minimum absolute atomic E-state index is 0.210. The predicted molar refractivity (Wildman–Crippen MR) is 98.5 cm³/mol. The highest BCUT2D eigenvalue weighted by molar-refractivity contribution is 7.07. The molecule has 0 spiro atoms. The Kier molecular flexibility index (Phi) is 4.22.